The van der Waals surface area contributed by atoms with Crippen LogP contribution < -0.4 is 10.1 Å². The van der Waals surface area contributed by atoms with Crippen LogP contribution >= 0.6 is 0 Å². The van der Waals surface area contributed by atoms with Gasteiger partial charge in [-0.2, -0.15) is 0 Å². The van der Waals surface area contributed by atoms with E-state index in [1.54, 1.807) is 24.3 Å². The van der Waals surface area contributed by atoms with Crippen molar-refractivity contribution in [3.63, 3.8) is 0 Å². The topological polar surface area (TPSA) is 75.6 Å². The Kier molecular flexibility index (Phi) is 4.74. The quantitative estimate of drug-likeness (QED) is 0.709. The number of nitrogens with one attached hydrogen (secondary N) is 1. The SMILES string of the molecule is CCOc1ccc(C(=O)C(CC(=O)O)NC2CC2)cc1. The second-order valence-corrected chi connectivity index (χ2v) is 4.91. The molecule has 1 aromatic rings. The molecule has 2 rings (SSSR count). The van der Waals surface area contributed by atoms with Crippen molar-refractivity contribution in [3.8, 4) is 5.75 Å². The van der Waals surface area contributed by atoms with E-state index in [0.717, 1.165) is 12.8 Å². The molecule has 0 aromatic heterocycles. The lowest BCUT2D eigenvalue weighted by molar-refractivity contribution is -0.137. The molecule has 2 N–H and O–H groups in total. The third-order valence-electron chi connectivity index (χ3n) is 3.16. The fourth-order valence-corrected chi connectivity index (χ4v) is 2.02. The Morgan fingerprint density at radius 2 is 2.00 bits per heavy atom. The van der Waals surface area contributed by atoms with Crippen molar-refractivity contribution in [2.24, 2.45) is 0 Å². The Bertz CT molecular complexity index is 479. The number of rotatable bonds is 8. The first-order valence-corrected chi connectivity index (χ1v) is 6.85. The molecule has 5 heteroatoms. The molecular weight excluding hydrogens is 258 g/mol. The van der Waals surface area contributed by atoms with Crippen LogP contribution in [0.25, 0.3) is 0 Å². The van der Waals surface area contributed by atoms with Crippen molar-refractivity contribution in [1.29, 1.82) is 0 Å². The zero-order valence-corrected chi connectivity index (χ0v) is 11.5. The number of carboxylic acid groups (broad SMARTS) is 1. The number of aliphatic carboxylic acids is 1. The molecule has 20 heavy (non-hydrogen) atoms. The third-order valence-corrected chi connectivity index (χ3v) is 3.16. The molecule has 0 heterocycles. The van der Waals surface area contributed by atoms with Gasteiger partial charge in [0.1, 0.15) is 5.75 Å². The highest BCUT2D eigenvalue weighted by molar-refractivity contribution is 6.01. The predicted octanol–water partition coefficient (Wildman–Crippen LogP) is 1.86. The molecule has 1 fully saturated rings. The van der Waals surface area contributed by atoms with E-state index in [9.17, 15) is 9.59 Å². The largest absolute Gasteiger partial charge is 0.494 e. The molecule has 108 valence electrons. The summed E-state index contributed by atoms with van der Waals surface area (Å²) in [5.41, 5.74) is 0.507. The number of benzene rings is 1. The van der Waals surface area contributed by atoms with Crippen LogP contribution in [-0.4, -0.2) is 35.5 Å². The van der Waals surface area contributed by atoms with Gasteiger partial charge in [0.05, 0.1) is 19.1 Å². The monoisotopic (exact) mass is 277 g/mol. The molecule has 0 amide bonds. The standard InChI is InChI=1S/C15H19NO4/c1-2-20-12-7-3-10(4-8-12)15(19)13(9-14(17)18)16-11-5-6-11/h3-4,7-8,11,13,16H,2,5-6,9H2,1H3,(H,17,18). The summed E-state index contributed by atoms with van der Waals surface area (Å²) >= 11 is 0. The Labute approximate surface area is 117 Å². The van der Waals surface area contributed by atoms with Gasteiger partial charge in [-0.15, -0.1) is 0 Å². The number of carbonyl (C=O) groups is 2. The molecule has 0 spiro atoms. The van der Waals surface area contributed by atoms with Crippen molar-refractivity contribution in [1.82, 2.24) is 5.32 Å². The van der Waals surface area contributed by atoms with E-state index in [-0.39, 0.29) is 18.2 Å². The van der Waals surface area contributed by atoms with Gasteiger partial charge < -0.3 is 15.2 Å². The van der Waals surface area contributed by atoms with Gasteiger partial charge in [0.25, 0.3) is 0 Å². The van der Waals surface area contributed by atoms with Crippen LogP contribution in [0.1, 0.15) is 36.5 Å². The van der Waals surface area contributed by atoms with E-state index >= 15 is 0 Å². The second kappa shape index (κ2) is 6.52. The van der Waals surface area contributed by atoms with E-state index < -0.39 is 12.0 Å². The van der Waals surface area contributed by atoms with Crippen molar-refractivity contribution < 1.29 is 19.4 Å². The summed E-state index contributed by atoms with van der Waals surface area (Å²) in [6, 6.07) is 6.44. The van der Waals surface area contributed by atoms with E-state index in [0.29, 0.717) is 17.9 Å². The van der Waals surface area contributed by atoms with Crippen molar-refractivity contribution in [3.05, 3.63) is 29.8 Å². The van der Waals surface area contributed by atoms with Crippen LogP contribution in [0.2, 0.25) is 0 Å². The maximum atomic E-state index is 12.3. The maximum absolute atomic E-state index is 12.3. The van der Waals surface area contributed by atoms with Gasteiger partial charge in [0.2, 0.25) is 0 Å². The smallest absolute Gasteiger partial charge is 0.305 e. The summed E-state index contributed by atoms with van der Waals surface area (Å²) in [4.78, 5) is 23.2. The highest BCUT2D eigenvalue weighted by Gasteiger charge is 2.30. The summed E-state index contributed by atoms with van der Waals surface area (Å²) in [6.45, 7) is 2.46. The zero-order chi connectivity index (χ0) is 14.5. The number of ketones is 1. The molecule has 1 unspecified atom stereocenters. The average molecular weight is 277 g/mol. The number of hydrogen-bond donors (Lipinski definition) is 2. The van der Waals surface area contributed by atoms with Crippen LogP contribution in [0.4, 0.5) is 0 Å². The minimum absolute atomic E-state index is 0.178. The van der Waals surface area contributed by atoms with Crippen LogP contribution in [0.5, 0.6) is 5.75 Å². The van der Waals surface area contributed by atoms with E-state index in [2.05, 4.69) is 5.32 Å². The minimum Gasteiger partial charge on any atom is -0.494 e. The molecule has 0 radical (unpaired) electrons. The molecule has 5 nitrogen and oxygen atoms in total. The van der Waals surface area contributed by atoms with Crippen molar-refractivity contribution in [2.45, 2.75) is 38.3 Å². The number of carbonyl (C=O) groups excluding carboxylic acids is 1. The minimum atomic E-state index is -0.970. The normalized spacial score (nSPS) is 15.7. The van der Waals surface area contributed by atoms with Gasteiger partial charge in [0.15, 0.2) is 5.78 Å². The predicted molar refractivity (Wildman–Crippen MR) is 74.1 cm³/mol. The molecule has 1 saturated carbocycles. The highest BCUT2D eigenvalue weighted by atomic mass is 16.5. The molecule has 0 aliphatic heterocycles. The summed E-state index contributed by atoms with van der Waals surface area (Å²) in [5.74, 6) is -0.446. The van der Waals surface area contributed by atoms with Gasteiger partial charge in [0, 0.05) is 11.6 Å². The fraction of sp³-hybridized carbons (Fsp3) is 0.467. The number of carboxylic acids is 1. The Morgan fingerprint density at radius 3 is 2.50 bits per heavy atom. The molecule has 1 aromatic carbocycles. The third kappa shape index (κ3) is 4.06. The molecule has 1 aliphatic rings. The first kappa shape index (κ1) is 14.5. The Morgan fingerprint density at radius 1 is 1.35 bits per heavy atom. The van der Waals surface area contributed by atoms with Gasteiger partial charge >= 0.3 is 5.97 Å². The molecular formula is C15H19NO4. The van der Waals surface area contributed by atoms with E-state index in [1.807, 2.05) is 6.92 Å². The first-order valence-electron chi connectivity index (χ1n) is 6.85. The van der Waals surface area contributed by atoms with Crippen LogP contribution in [0.15, 0.2) is 24.3 Å². The molecule has 0 bridgehead atoms. The lowest BCUT2D eigenvalue weighted by atomic mass is 10.0. The molecule has 1 atom stereocenters. The van der Waals surface area contributed by atoms with E-state index in [1.165, 1.54) is 0 Å². The summed E-state index contributed by atoms with van der Waals surface area (Å²) < 4.78 is 5.32. The van der Waals surface area contributed by atoms with Crippen LogP contribution in [0.3, 0.4) is 0 Å². The summed E-state index contributed by atoms with van der Waals surface area (Å²) in [7, 11) is 0. The highest BCUT2D eigenvalue weighted by Crippen LogP contribution is 2.21. The zero-order valence-electron chi connectivity index (χ0n) is 11.5. The van der Waals surface area contributed by atoms with Crippen molar-refractivity contribution >= 4 is 11.8 Å². The van der Waals surface area contributed by atoms with E-state index in [4.69, 9.17) is 9.84 Å². The van der Waals surface area contributed by atoms with Gasteiger partial charge in [-0.25, -0.2) is 0 Å². The number of hydrogen-bond acceptors (Lipinski definition) is 4. The molecule has 0 saturated heterocycles. The van der Waals surface area contributed by atoms with Crippen LogP contribution in [-0.2, 0) is 4.79 Å². The summed E-state index contributed by atoms with van der Waals surface area (Å²) in [6.07, 6.45) is 1.82. The Balaban J connectivity index is 2.06. The Hall–Kier alpha value is -1.88. The molecule has 1 aliphatic carbocycles. The number of Topliss-reactive ketones (excluding diaryl/α,β-unsaturated/α-hetero) is 1. The van der Waals surface area contributed by atoms with Gasteiger partial charge in [-0.1, -0.05) is 0 Å². The summed E-state index contributed by atoms with van der Waals surface area (Å²) in [5, 5.41) is 12.0. The fourth-order valence-electron chi connectivity index (χ4n) is 2.02. The van der Waals surface area contributed by atoms with Crippen molar-refractivity contribution in [2.75, 3.05) is 6.61 Å². The average Bonchev–Trinajstić information content (AvgIpc) is 3.22. The van der Waals surface area contributed by atoms with Crippen LogP contribution in [0, 0.1) is 0 Å². The number of ether oxygens (including phenoxy) is 1. The lowest BCUT2D eigenvalue weighted by Crippen LogP contribution is -2.40. The first-order chi connectivity index (χ1) is 9.60. The lowest BCUT2D eigenvalue weighted by Gasteiger charge is -2.15. The maximum Gasteiger partial charge on any atom is 0.305 e. The van der Waals surface area contributed by atoms with Gasteiger partial charge in [-0.05, 0) is 44.0 Å². The second-order valence-electron chi connectivity index (χ2n) is 4.91. The van der Waals surface area contributed by atoms with Gasteiger partial charge in [-0.3, -0.25) is 9.59 Å².